The molecule has 1 N–H and O–H groups in total. The molecule has 1 aliphatic heterocycles. The lowest BCUT2D eigenvalue weighted by molar-refractivity contribution is 0.263. The zero-order valence-electron chi connectivity index (χ0n) is 12.3. The summed E-state index contributed by atoms with van der Waals surface area (Å²) >= 11 is 0. The van der Waals surface area contributed by atoms with Gasteiger partial charge < -0.3 is 15.0 Å². The number of nitrogens with zero attached hydrogens (tertiary/aromatic N) is 1. The summed E-state index contributed by atoms with van der Waals surface area (Å²) in [6.45, 7) is 5.54. The van der Waals surface area contributed by atoms with Gasteiger partial charge in [-0.3, -0.25) is 0 Å². The Labute approximate surface area is 122 Å². The largest absolute Gasteiger partial charge is 0.494 e. The maximum absolute atomic E-state index is 5.87. The van der Waals surface area contributed by atoms with Crippen LogP contribution in [0.3, 0.4) is 0 Å². The van der Waals surface area contributed by atoms with E-state index in [1.165, 1.54) is 50.9 Å². The van der Waals surface area contributed by atoms with Crippen molar-refractivity contribution in [2.45, 2.75) is 44.7 Å². The summed E-state index contributed by atoms with van der Waals surface area (Å²) in [7, 11) is 0. The molecule has 0 unspecified atom stereocenters. The Hall–Kier alpha value is -1.06. The minimum absolute atomic E-state index is 0.764. The van der Waals surface area contributed by atoms with Crippen LogP contribution in [-0.4, -0.2) is 37.2 Å². The van der Waals surface area contributed by atoms with Gasteiger partial charge in [0.2, 0.25) is 0 Å². The normalized spacial score (nSPS) is 19.4. The average molecular weight is 274 g/mol. The zero-order chi connectivity index (χ0) is 13.6. The molecule has 0 radical (unpaired) electrons. The molecule has 1 saturated heterocycles. The van der Waals surface area contributed by atoms with E-state index in [9.17, 15) is 0 Å². The van der Waals surface area contributed by atoms with Crippen LogP contribution in [0.2, 0.25) is 0 Å². The van der Waals surface area contributed by atoms with Crippen molar-refractivity contribution in [1.29, 1.82) is 0 Å². The highest BCUT2D eigenvalue weighted by atomic mass is 16.5. The van der Waals surface area contributed by atoms with E-state index in [0.717, 1.165) is 31.4 Å². The van der Waals surface area contributed by atoms with E-state index in [0.29, 0.717) is 0 Å². The smallest absolute Gasteiger partial charge is 0.119 e. The molecule has 3 rings (SSSR count). The first-order chi connectivity index (χ1) is 9.90. The molecule has 0 bridgehead atoms. The topological polar surface area (TPSA) is 24.5 Å². The van der Waals surface area contributed by atoms with Crippen LogP contribution in [-0.2, 0) is 6.54 Å². The Bertz CT molecular complexity index is 411. The summed E-state index contributed by atoms with van der Waals surface area (Å²) in [6.07, 6.45) is 6.55. The number of hydrogen-bond acceptors (Lipinski definition) is 3. The average Bonchev–Trinajstić information content (AvgIpc) is 3.17. The Morgan fingerprint density at radius 3 is 2.85 bits per heavy atom. The van der Waals surface area contributed by atoms with Crippen molar-refractivity contribution in [2.24, 2.45) is 0 Å². The van der Waals surface area contributed by atoms with Gasteiger partial charge >= 0.3 is 0 Å². The quantitative estimate of drug-likeness (QED) is 0.738. The second-order valence-electron chi connectivity index (χ2n) is 6.05. The molecule has 2 aliphatic rings. The molecule has 1 heterocycles. The van der Waals surface area contributed by atoms with Gasteiger partial charge in [-0.2, -0.15) is 0 Å². The van der Waals surface area contributed by atoms with Crippen molar-refractivity contribution < 1.29 is 4.74 Å². The van der Waals surface area contributed by atoms with Crippen LogP contribution in [0.25, 0.3) is 0 Å². The van der Waals surface area contributed by atoms with Gasteiger partial charge in [-0.05, 0) is 62.9 Å². The second kappa shape index (κ2) is 7.09. The van der Waals surface area contributed by atoms with Gasteiger partial charge in [0.25, 0.3) is 0 Å². The van der Waals surface area contributed by atoms with Gasteiger partial charge in [0.15, 0.2) is 0 Å². The van der Waals surface area contributed by atoms with E-state index in [-0.39, 0.29) is 0 Å². The van der Waals surface area contributed by atoms with Crippen molar-refractivity contribution >= 4 is 0 Å². The number of hydrogen-bond donors (Lipinski definition) is 1. The Balaban J connectivity index is 1.36. The van der Waals surface area contributed by atoms with Crippen LogP contribution in [0.15, 0.2) is 24.3 Å². The lowest BCUT2D eigenvalue weighted by atomic mass is 10.2. The van der Waals surface area contributed by atoms with Gasteiger partial charge in [0.1, 0.15) is 5.75 Å². The second-order valence-corrected chi connectivity index (χ2v) is 6.05. The molecule has 0 spiro atoms. The van der Waals surface area contributed by atoms with Gasteiger partial charge in [0, 0.05) is 19.1 Å². The van der Waals surface area contributed by atoms with Crippen molar-refractivity contribution in [3.05, 3.63) is 29.8 Å². The summed E-state index contributed by atoms with van der Waals surface area (Å²) in [5, 5.41) is 3.54. The Morgan fingerprint density at radius 1 is 1.20 bits per heavy atom. The molecule has 0 aromatic heterocycles. The fourth-order valence-corrected chi connectivity index (χ4v) is 2.78. The standard InChI is InChI=1S/C17H26N2O/c1-2-10-19(9-1)11-4-12-20-17-6-3-5-15(13-17)14-18-16-7-8-16/h3,5-6,13,16,18H,1-2,4,7-12,14H2. The minimum Gasteiger partial charge on any atom is -0.494 e. The van der Waals surface area contributed by atoms with Crippen LogP contribution in [0.5, 0.6) is 5.75 Å². The molecule has 1 saturated carbocycles. The summed E-state index contributed by atoms with van der Waals surface area (Å²) < 4.78 is 5.87. The molecular formula is C17H26N2O. The third-order valence-corrected chi connectivity index (χ3v) is 4.16. The van der Waals surface area contributed by atoms with Crippen molar-refractivity contribution in [2.75, 3.05) is 26.2 Å². The Morgan fingerprint density at radius 2 is 2.05 bits per heavy atom. The minimum atomic E-state index is 0.764. The first-order valence-electron chi connectivity index (χ1n) is 8.08. The van der Waals surface area contributed by atoms with Crippen LogP contribution in [0, 0.1) is 0 Å². The molecule has 0 amide bonds. The number of nitrogens with one attached hydrogen (secondary N) is 1. The molecule has 20 heavy (non-hydrogen) atoms. The predicted molar refractivity (Wildman–Crippen MR) is 82.1 cm³/mol. The van der Waals surface area contributed by atoms with Crippen molar-refractivity contribution in [3.8, 4) is 5.75 Å². The van der Waals surface area contributed by atoms with E-state index in [2.05, 4.69) is 34.5 Å². The van der Waals surface area contributed by atoms with E-state index in [1.54, 1.807) is 0 Å². The molecule has 110 valence electrons. The molecule has 0 atom stereocenters. The molecule has 1 aromatic rings. The number of likely N-dealkylation sites (tertiary alicyclic amines) is 1. The summed E-state index contributed by atoms with van der Waals surface area (Å²) in [5.41, 5.74) is 1.33. The van der Waals surface area contributed by atoms with E-state index in [4.69, 9.17) is 4.74 Å². The molecule has 2 fully saturated rings. The van der Waals surface area contributed by atoms with Crippen LogP contribution < -0.4 is 10.1 Å². The molecule has 3 nitrogen and oxygen atoms in total. The number of rotatable bonds is 8. The summed E-state index contributed by atoms with van der Waals surface area (Å²) in [5.74, 6) is 1.02. The van der Waals surface area contributed by atoms with E-state index in [1.807, 2.05) is 0 Å². The highest BCUT2D eigenvalue weighted by Gasteiger charge is 2.19. The third kappa shape index (κ3) is 4.50. The van der Waals surface area contributed by atoms with Gasteiger partial charge in [0.05, 0.1) is 6.61 Å². The molecule has 3 heteroatoms. The van der Waals surface area contributed by atoms with Gasteiger partial charge in [-0.1, -0.05) is 12.1 Å². The lowest BCUT2D eigenvalue weighted by Gasteiger charge is -2.14. The Kier molecular flexibility index (Phi) is 4.93. The SMILES string of the molecule is c1cc(CNC2CC2)cc(OCCCN2CCCC2)c1. The highest BCUT2D eigenvalue weighted by Crippen LogP contribution is 2.20. The fourth-order valence-electron chi connectivity index (χ4n) is 2.78. The maximum atomic E-state index is 5.87. The molecule has 1 aromatic carbocycles. The predicted octanol–water partition coefficient (Wildman–Crippen LogP) is 2.80. The first-order valence-corrected chi connectivity index (χ1v) is 8.08. The summed E-state index contributed by atoms with van der Waals surface area (Å²) in [6, 6.07) is 9.27. The van der Waals surface area contributed by atoms with E-state index < -0.39 is 0 Å². The maximum Gasteiger partial charge on any atom is 0.119 e. The van der Waals surface area contributed by atoms with Gasteiger partial charge in [-0.15, -0.1) is 0 Å². The zero-order valence-corrected chi connectivity index (χ0v) is 12.3. The van der Waals surface area contributed by atoms with Crippen LogP contribution in [0.1, 0.15) is 37.7 Å². The van der Waals surface area contributed by atoms with Crippen molar-refractivity contribution in [1.82, 2.24) is 10.2 Å². The van der Waals surface area contributed by atoms with Crippen LogP contribution in [0.4, 0.5) is 0 Å². The third-order valence-electron chi connectivity index (χ3n) is 4.16. The highest BCUT2D eigenvalue weighted by molar-refractivity contribution is 5.28. The van der Waals surface area contributed by atoms with E-state index >= 15 is 0 Å². The molecule has 1 aliphatic carbocycles. The van der Waals surface area contributed by atoms with Crippen molar-refractivity contribution in [3.63, 3.8) is 0 Å². The lowest BCUT2D eigenvalue weighted by Crippen LogP contribution is -2.21. The molecular weight excluding hydrogens is 248 g/mol. The van der Waals surface area contributed by atoms with Crippen LogP contribution >= 0.6 is 0 Å². The number of benzene rings is 1. The summed E-state index contributed by atoms with van der Waals surface area (Å²) in [4.78, 5) is 2.54. The monoisotopic (exact) mass is 274 g/mol. The van der Waals surface area contributed by atoms with Gasteiger partial charge in [-0.25, -0.2) is 0 Å². The number of ether oxygens (including phenoxy) is 1. The first kappa shape index (κ1) is 13.9. The fraction of sp³-hybridized carbons (Fsp3) is 0.647.